The third-order valence-corrected chi connectivity index (χ3v) is 3.34. The molecule has 0 fully saturated rings. The van der Waals surface area contributed by atoms with Gasteiger partial charge in [0, 0.05) is 18.0 Å². The second-order valence-electron chi connectivity index (χ2n) is 5.42. The number of carboxylic acid groups (broad SMARTS) is 1. The van der Waals surface area contributed by atoms with Crippen molar-refractivity contribution in [2.24, 2.45) is 5.92 Å². The molecule has 126 valence electrons. The van der Waals surface area contributed by atoms with Gasteiger partial charge in [-0.05, 0) is 18.1 Å². The molecule has 1 unspecified atom stereocenters. The van der Waals surface area contributed by atoms with E-state index in [9.17, 15) is 9.59 Å². The van der Waals surface area contributed by atoms with Gasteiger partial charge < -0.3 is 25.2 Å². The summed E-state index contributed by atoms with van der Waals surface area (Å²) in [4.78, 5) is 23.2. The third kappa shape index (κ3) is 3.95. The molecule has 1 aliphatic heterocycles. The molecule has 1 heterocycles. The number of hydrogen-bond acceptors (Lipinski definition) is 6. The molecule has 1 aromatic carbocycles. The Hall–Kier alpha value is -3.21. The number of carbonyl (C=O) groups is 2. The van der Waals surface area contributed by atoms with Crippen molar-refractivity contribution in [3.8, 4) is 17.6 Å². The average molecular weight is 331 g/mol. The van der Waals surface area contributed by atoms with E-state index in [1.54, 1.807) is 38.1 Å². The highest BCUT2D eigenvalue weighted by molar-refractivity contribution is 5.99. The topological polar surface area (TPSA) is 121 Å². The van der Waals surface area contributed by atoms with E-state index in [-0.39, 0.29) is 18.3 Å². The van der Waals surface area contributed by atoms with E-state index in [1.165, 1.54) is 6.20 Å². The second kappa shape index (κ2) is 7.37. The Morgan fingerprint density at radius 1 is 1.33 bits per heavy atom. The molecule has 2 rings (SSSR count). The molecule has 0 aromatic heterocycles. The molecule has 3 N–H and O–H groups in total. The number of fused-ring (bicyclic) bond motifs is 1. The predicted octanol–water partition coefficient (Wildman–Crippen LogP) is 1.46. The monoisotopic (exact) mass is 331 g/mol. The van der Waals surface area contributed by atoms with Crippen LogP contribution >= 0.6 is 0 Å². The summed E-state index contributed by atoms with van der Waals surface area (Å²) in [5, 5.41) is 23.3. The summed E-state index contributed by atoms with van der Waals surface area (Å²) in [5.41, 5.74) is 0.359. The van der Waals surface area contributed by atoms with Gasteiger partial charge in [-0.2, -0.15) is 5.26 Å². The van der Waals surface area contributed by atoms with Crippen LogP contribution in [0, 0.1) is 17.2 Å². The lowest BCUT2D eigenvalue weighted by Gasteiger charge is -2.17. The van der Waals surface area contributed by atoms with Crippen molar-refractivity contribution in [1.29, 1.82) is 5.26 Å². The van der Waals surface area contributed by atoms with Crippen molar-refractivity contribution in [3.63, 3.8) is 0 Å². The standard InChI is InChI=1S/C16H17N3O5/c1-9(2)14(16(21)22)19-15(20)10(6-17)7-18-11-3-4-12-13(5-11)24-8-23-12/h3-5,7,9,14,18H,8H2,1-2H3,(H,19,20)(H,21,22)/b10-7-. The molecule has 1 amide bonds. The van der Waals surface area contributed by atoms with Crippen LogP contribution in [0.3, 0.4) is 0 Å². The predicted molar refractivity (Wildman–Crippen MR) is 84.3 cm³/mol. The van der Waals surface area contributed by atoms with Crippen LogP contribution in [0.15, 0.2) is 30.0 Å². The number of carbonyl (C=O) groups excluding carboxylic acids is 1. The van der Waals surface area contributed by atoms with Crippen molar-refractivity contribution in [2.45, 2.75) is 19.9 Å². The number of nitrogens with one attached hydrogen (secondary N) is 2. The van der Waals surface area contributed by atoms with Crippen LogP contribution in [0.2, 0.25) is 0 Å². The Morgan fingerprint density at radius 3 is 2.67 bits per heavy atom. The summed E-state index contributed by atoms with van der Waals surface area (Å²) in [6.07, 6.45) is 1.21. The zero-order valence-electron chi connectivity index (χ0n) is 13.2. The Labute approximate surface area is 138 Å². The molecule has 1 aromatic rings. The highest BCUT2D eigenvalue weighted by Gasteiger charge is 2.24. The maximum absolute atomic E-state index is 12.1. The summed E-state index contributed by atoms with van der Waals surface area (Å²) >= 11 is 0. The zero-order chi connectivity index (χ0) is 17.7. The minimum atomic E-state index is -1.15. The van der Waals surface area contributed by atoms with Crippen LogP contribution in [0.1, 0.15) is 13.8 Å². The summed E-state index contributed by atoms with van der Waals surface area (Å²) in [6.45, 7) is 3.48. The van der Waals surface area contributed by atoms with Gasteiger partial charge >= 0.3 is 5.97 Å². The summed E-state index contributed by atoms with van der Waals surface area (Å²) in [7, 11) is 0. The number of nitrogens with zero attached hydrogens (tertiary/aromatic N) is 1. The Bertz CT molecular complexity index is 721. The quantitative estimate of drug-likeness (QED) is 0.533. The van der Waals surface area contributed by atoms with Crippen molar-refractivity contribution in [3.05, 3.63) is 30.0 Å². The van der Waals surface area contributed by atoms with Gasteiger partial charge in [0.15, 0.2) is 11.5 Å². The fourth-order valence-corrected chi connectivity index (χ4v) is 2.02. The van der Waals surface area contributed by atoms with Gasteiger partial charge in [0.05, 0.1) is 0 Å². The summed E-state index contributed by atoms with van der Waals surface area (Å²) in [5.74, 6) is -1.05. The van der Waals surface area contributed by atoms with Crippen molar-refractivity contribution in [2.75, 3.05) is 12.1 Å². The number of benzene rings is 1. The Morgan fingerprint density at radius 2 is 2.04 bits per heavy atom. The largest absolute Gasteiger partial charge is 0.480 e. The van der Waals surface area contributed by atoms with E-state index in [0.717, 1.165) is 0 Å². The molecule has 1 atom stereocenters. The number of amides is 1. The van der Waals surface area contributed by atoms with Gasteiger partial charge in [0.25, 0.3) is 5.91 Å². The highest BCUT2D eigenvalue weighted by Crippen LogP contribution is 2.34. The first kappa shape index (κ1) is 17.1. The minimum Gasteiger partial charge on any atom is -0.480 e. The average Bonchev–Trinajstić information content (AvgIpc) is 3.00. The molecule has 0 saturated carbocycles. The van der Waals surface area contributed by atoms with Crippen molar-refractivity contribution >= 4 is 17.6 Å². The van der Waals surface area contributed by atoms with E-state index < -0.39 is 17.9 Å². The molecular formula is C16H17N3O5. The lowest BCUT2D eigenvalue weighted by atomic mass is 10.0. The first-order valence-corrected chi connectivity index (χ1v) is 7.22. The van der Waals surface area contributed by atoms with Crippen LogP contribution in [-0.2, 0) is 9.59 Å². The number of rotatable bonds is 6. The number of aliphatic carboxylic acids is 1. The van der Waals surface area contributed by atoms with Gasteiger partial charge in [-0.15, -0.1) is 0 Å². The summed E-state index contributed by atoms with van der Waals surface area (Å²) in [6, 6.07) is 5.74. The third-order valence-electron chi connectivity index (χ3n) is 3.34. The molecule has 0 spiro atoms. The first-order chi connectivity index (χ1) is 11.4. The van der Waals surface area contributed by atoms with Gasteiger partial charge in [0.2, 0.25) is 6.79 Å². The van der Waals surface area contributed by atoms with E-state index in [1.807, 2.05) is 0 Å². The molecule has 0 bridgehead atoms. The molecule has 0 saturated heterocycles. The van der Waals surface area contributed by atoms with Crippen LogP contribution in [0.5, 0.6) is 11.5 Å². The minimum absolute atomic E-state index is 0.145. The summed E-state index contributed by atoms with van der Waals surface area (Å²) < 4.78 is 10.4. The molecule has 8 heteroatoms. The van der Waals surface area contributed by atoms with Gasteiger partial charge in [0.1, 0.15) is 17.7 Å². The molecular weight excluding hydrogens is 314 g/mol. The molecule has 1 aliphatic rings. The van der Waals surface area contributed by atoms with Gasteiger partial charge in [-0.3, -0.25) is 4.79 Å². The number of nitriles is 1. The maximum atomic E-state index is 12.1. The van der Waals surface area contributed by atoms with Crippen molar-refractivity contribution in [1.82, 2.24) is 5.32 Å². The molecule has 0 radical (unpaired) electrons. The fraction of sp³-hybridized carbons (Fsp3) is 0.312. The number of carboxylic acids is 1. The Balaban J connectivity index is 2.07. The highest BCUT2D eigenvalue weighted by atomic mass is 16.7. The fourth-order valence-electron chi connectivity index (χ4n) is 2.02. The molecule has 24 heavy (non-hydrogen) atoms. The van der Waals surface area contributed by atoms with E-state index in [2.05, 4.69) is 10.6 Å². The van der Waals surface area contributed by atoms with E-state index >= 15 is 0 Å². The maximum Gasteiger partial charge on any atom is 0.326 e. The van der Waals surface area contributed by atoms with Gasteiger partial charge in [-0.25, -0.2) is 4.79 Å². The normalized spacial score (nSPS) is 14.0. The van der Waals surface area contributed by atoms with Gasteiger partial charge in [-0.1, -0.05) is 13.8 Å². The lowest BCUT2D eigenvalue weighted by molar-refractivity contribution is -0.142. The SMILES string of the molecule is CC(C)C(NC(=O)/C(C#N)=C\Nc1ccc2c(c1)OCO2)C(=O)O. The van der Waals surface area contributed by atoms with Crippen LogP contribution in [0.25, 0.3) is 0 Å². The number of ether oxygens (including phenoxy) is 2. The molecule has 0 aliphatic carbocycles. The van der Waals surface area contributed by atoms with Crippen LogP contribution in [0.4, 0.5) is 5.69 Å². The zero-order valence-corrected chi connectivity index (χ0v) is 13.2. The van der Waals surface area contributed by atoms with E-state index in [0.29, 0.717) is 17.2 Å². The van der Waals surface area contributed by atoms with Crippen LogP contribution < -0.4 is 20.1 Å². The number of anilines is 1. The lowest BCUT2D eigenvalue weighted by Crippen LogP contribution is -2.44. The smallest absolute Gasteiger partial charge is 0.326 e. The number of hydrogen-bond donors (Lipinski definition) is 3. The second-order valence-corrected chi connectivity index (χ2v) is 5.42. The van der Waals surface area contributed by atoms with E-state index in [4.69, 9.17) is 19.8 Å². The Kier molecular flexibility index (Phi) is 5.27. The first-order valence-electron chi connectivity index (χ1n) is 7.22. The van der Waals surface area contributed by atoms with Crippen molar-refractivity contribution < 1.29 is 24.2 Å². The molecule has 8 nitrogen and oxygen atoms in total. The van der Waals surface area contributed by atoms with Crippen LogP contribution in [-0.4, -0.2) is 29.8 Å².